The molecule has 1 aromatic heterocycles. The topological polar surface area (TPSA) is 105 Å². The van der Waals surface area contributed by atoms with Crippen LogP contribution in [0.1, 0.15) is 47.7 Å². The second-order valence-corrected chi connectivity index (χ2v) is 7.41. The van der Waals surface area contributed by atoms with Gasteiger partial charge in [-0.1, -0.05) is 24.0 Å². The maximum Gasteiger partial charge on any atom is 0.308 e. The van der Waals surface area contributed by atoms with Crippen LogP contribution in [-0.2, 0) is 9.53 Å². The van der Waals surface area contributed by atoms with Gasteiger partial charge in [0.2, 0.25) is 0 Å². The Hall–Kier alpha value is -3.96. The van der Waals surface area contributed by atoms with E-state index in [4.69, 9.17) is 20.2 Å². The number of benzene rings is 2. The number of methoxy groups -OCH3 is 1. The van der Waals surface area contributed by atoms with Crippen LogP contribution in [0.15, 0.2) is 47.5 Å². The van der Waals surface area contributed by atoms with Crippen molar-refractivity contribution in [1.29, 1.82) is 0 Å². The van der Waals surface area contributed by atoms with Gasteiger partial charge >= 0.3 is 5.97 Å². The Kier molecular flexibility index (Phi) is 6.52. The average Bonchev–Trinajstić information content (AvgIpc) is 3.15. The van der Waals surface area contributed by atoms with Crippen molar-refractivity contribution in [3.63, 3.8) is 0 Å². The van der Waals surface area contributed by atoms with Gasteiger partial charge in [-0.3, -0.25) is 14.4 Å². The minimum atomic E-state index is -0.560. The van der Waals surface area contributed by atoms with E-state index in [9.17, 15) is 4.79 Å². The zero-order valence-electron chi connectivity index (χ0n) is 18.8. The summed E-state index contributed by atoms with van der Waals surface area (Å²) in [6, 6.07) is 13.0. The summed E-state index contributed by atoms with van der Waals surface area (Å²) in [7, 11) is 1.62. The summed E-state index contributed by atoms with van der Waals surface area (Å²) in [5, 5.41) is 8.62. The van der Waals surface area contributed by atoms with E-state index in [-0.39, 0.29) is 12.4 Å². The molecule has 0 saturated heterocycles. The van der Waals surface area contributed by atoms with E-state index in [0.29, 0.717) is 30.5 Å². The number of nitrogens with two attached hydrogens (primary N) is 1. The highest BCUT2D eigenvalue weighted by Crippen LogP contribution is 2.34. The number of aryl methyl sites for hydroxylation is 1. The molecule has 0 unspecified atom stereocenters. The lowest BCUT2D eigenvalue weighted by Gasteiger charge is -2.14. The monoisotopic (exact) mass is 443 g/mol. The number of hydrogen-bond acceptors (Lipinski definition) is 7. The first-order chi connectivity index (χ1) is 16.0. The van der Waals surface area contributed by atoms with Gasteiger partial charge in [0, 0.05) is 16.7 Å². The van der Waals surface area contributed by atoms with Gasteiger partial charge < -0.3 is 15.2 Å². The zero-order chi connectivity index (χ0) is 23.4. The van der Waals surface area contributed by atoms with Crippen LogP contribution in [0.4, 0.5) is 0 Å². The predicted octanol–water partition coefficient (Wildman–Crippen LogP) is 2.74. The standard InChI is InChI=1S/C25H25N5O3/c1-4-33-23(31)15-21-25-29-28-16(2)30(25)22-12-11-19(32-3)14-20(22)24(27-21)18-9-7-17(8-10-18)6-5-13-26/h7-12,14,21H,4,13,15,26H2,1-3H3/t21-/m0/s1. The summed E-state index contributed by atoms with van der Waals surface area (Å²) in [4.78, 5) is 17.4. The van der Waals surface area contributed by atoms with E-state index >= 15 is 0 Å². The van der Waals surface area contributed by atoms with Crippen molar-refractivity contribution in [2.75, 3.05) is 20.3 Å². The summed E-state index contributed by atoms with van der Waals surface area (Å²) < 4.78 is 12.6. The van der Waals surface area contributed by atoms with Gasteiger partial charge in [-0.15, -0.1) is 10.2 Å². The van der Waals surface area contributed by atoms with E-state index in [1.165, 1.54) is 0 Å². The highest BCUT2D eigenvalue weighted by atomic mass is 16.5. The number of esters is 1. The molecule has 1 aliphatic heterocycles. The normalized spacial score (nSPS) is 14.2. The molecule has 0 spiro atoms. The molecule has 8 heteroatoms. The fraction of sp³-hybridized carbons (Fsp3) is 0.280. The number of carbonyl (C=O) groups excluding carboxylic acids is 1. The number of aliphatic imine (C=N–C) groups is 1. The van der Waals surface area contributed by atoms with E-state index in [1.54, 1.807) is 14.0 Å². The third-order valence-electron chi connectivity index (χ3n) is 5.29. The smallest absolute Gasteiger partial charge is 0.308 e. The molecule has 2 N–H and O–H groups in total. The van der Waals surface area contributed by atoms with Gasteiger partial charge in [0.1, 0.15) is 17.6 Å². The first kappa shape index (κ1) is 22.2. The molecule has 1 aliphatic rings. The molecule has 8 nitrogen and oxygen atoms in total. The van der Waals surface area contributed by atoms with Crippen LogP contribution in [0, 0.1) is 18.8 Å². The molecular formula is C25H25N5O3. The van der Waals surface area contributed by atoms with Crippen molar-refractivity contribution in [2.45, 2.75) is 26.3 Å². The van der Waals surface area contributed by atoms with Crippen LogP contribution in [-0.4, -0.2) is 46.7 Å². The van der Waals surface area contributed by atoms with Crippen molar-refractivity contribution < 1.29 is 14.3 Å². The molecule has 2 heterocycles. The molecule has 0 radical (unpaired) electrons. The molecule has 3 aromatic rings. The molecule has 168 valence electrons. The summed E-state index contributed by atoms with van der Waals surface area (Å²) in [6.45, 7) is 4.26. The summed E-state index contributed by atoms with van der Waals surface area (Å²) >= 11 is 0. The van der Waals surface area contributed by atoms with Crippen LogP contribution < -0.4 is 10.5 Å². The predicted molar refractivity (Wildman–Crippen MR) is 125 cm³/mol. The van der Waals surface area contributed by atoms with Crippen molar-refractivity contribution in [1.82, 2.24) is 14.8 Å². The van der Waals surface area contributed by atoms with Gasteiger partial charge in [-0.2, -0.15) is 0 Å². The number of rotatable bonds is 5. The number of ether oxygens (including phenoxy) is 2. The van der Waals surface area contributed by atoms with Gasteiger partial charge in [-0.05, 0) is 44.2 Å². The second-order valence-electron chi connectivity index (χ2n) is 7.41. The Bertz CT molecular complexity index is 1270. The average molecular weight is 444 g/mol. The molecule has 0 amide bonds. The van der Waals surface area contributed by atoms with Crippen LogP contribution >= 0.6 is 0 Å². The van der Waals surface area contributed by atoms with Gasteiger partial charge in [0.05, 0.1) is 38.1 Å². The largest absolute Gasteiger partial charge is 0.497 e. The molecule has 0 fully saturated rings. The number of aromatic nitrogens is 3. The second kappa shape index (κ2) is 9.67. The van der Waals surface area contributed by atoms with E-state index < -0.39 is 6.04 Å². The fourth-order valence-corrected chi connectivity index (χ4v) is 3.81. The molecular weight excluding hydrogens is 418 g/mol. The van der Waals surface area contributed by atoms with Gasteiger partial charge in [0.25, 0.3) is 0 Å². The SMILES string of the molecule is CCOC(=O)C[C@@H]1N=C(c2ccc(C#CCN)cc2)c2cc(OC)ccc2-n2c(C)nnc21. The fourth-order valence-electron chi connectivity index (χ4n) is 3.81. The van der Waals surface area contributed by atoms with Crippen LogP contribution in [0.25, 0.3) is 5.69 Å². The van der Waals surface area contributed by atoms with E-state index in [1.807, 2.05) is 54.0 Å². The maximum absolute atomic E-state index is 12.4. The van der Waals surface area contributed by atoms with Crippen molar-refractivity contribution in [2.24, 2.45) is 10.7 Å². The van der Waals surface area contributed by atoms with Gasteiger partial charge in [0.15, 0.2) is 5.82 Å². The van der Waals surface area contributed by atoms with Crippen molar-refractivity contribution in [3.8, 4) is 23.3 Å². The summed E-state index contributed by atoms with van der Waals surface area (Å²) in [6.07, 6.45) is 0.0562. The lowest BCUT2D eigenvalue weighted by atomic mass is 9.99. The van der Waals surface area contributed by atoms with Crippen molar-refractivity contribution in [3.05, 3.63) is 70.8 Å². The van der Waals surface area contributed by atoms with Crippen LogP contribution in [0.2, 0.25) is 0 Å². The highest BCUT2D eigenvalue weighted by molar-refractivity contribution is 6.15. The molecule has 1 atom stereocenters. The Morgan fingerprint density at radius 2 is 1.97 bits per heavy atom. The van der Waals surface area contributed by atoms with Crippen molar-refractivity contribution >= 4 is 11.7 Å². The molecule has 0 saturated carbocycles. The molecule has 0 bridgehead atoms. The Morgan fingerprint density at radius 1 is 1.18 bits per heavy atom. The summed E-state index contributed by atoms with van der Waals surface area (Å²) in [5.41, 5.74) is 9.67. The Balaban J connectivity index is 1.91. The first-order valence-electron chi connectivity index (χ1n) is 10.7. The first-order valence-corrected chi connectivity index (χ1v) is 10.7. The lowest BCUT2D eigenvalue weighted by molar-refractivity contribution is -0.143. The Morgan fingerprint density at radius 3 is 2.67 bits per heavy atom. The lowest BCUT2D eigenvalue weighted by Crippen LogP contribution is -2.13. The minimum absolute atomic E-state index is 0.0562. The molecule has 2 aromatic carbocycles. The molecule has 33 heavy (non-hydrogen) atoms. The van der Waals surface area contributed by atoms with Crippen LogP contribution in [0.3, 0.4) is 0 Å². The van der Waals surface area contributed by atoms with Crippen LogP contribution in [0.5, 0.6) is 5.75 Å². The Labute approximate surface area is 192 Å². The molecule has 0 aliphatic carbocycles. The minimum Gasteiger partial charge on any atom is -0.497 e. The third kappa shape index (κ3) is 4.49. The highest BCUT2D eigenvalue weighted by Gasteiger charge is 2.30. The van der Waals surface area contributed by atoms with E-state index in [2.05, 4.69) is 22.0 Å². The number of carbonyl (C=O) groups is 1. The summed E-state index contributed by atoms with van der Waals surface area (Å²) in [5.74, 6) is 7.54. The third-order valence-corrected chi connectivity index (χ3v) is 5.29. The maximum atomic E-state index is 12.4. The van der Waals surface area contributed by atoms with E-state index in [0.717, 1.165) is 28.1 Å². The number of hydrogen-bond donors (Lipinski definition) is 1. The zero-order valence-corrected chi connectivity index (χ0v) is 18.8. The molecule has 4 rings (SSSR count). The quantitative estimate of drug-likeness (QED) is 0.480. The number of nitrogens with zero attached hydrogens (tertiary/aromatic N) is 4. The number of fused-ring (bicyclic) bond motifs is 3. The van der Waals surface area contributed by atoms with Gasteiger partial charge in [-0.25, -0.2) is 0 Å².